The number of aromatic nitrogens is 4. The average Bonchev–Trinajstić information content (AvgIpc) is 3.34. The molecule has 1 unspecified atom stereocenters. The number of fused-ring (bicyclic) bond motifs is 5. The first-order valence-corrected chi connectivity index (χ1v) is 11.1. The van der Waals surface area contributed by atoms with E-state index in [1.54, 1.807) is 0 Å². The number of allylic oxidation sites excluding steroid dienone is 1. The Morgan fingerprint density at radius 3 is 2.90 bits per heavy atom. The summed E-state index contributed by atoms with van der Waals surface area (Å²) >= 11 is 0. The molecular formula is C22H31FN4O2. The van der Waals surface area contributed by atoms with Gasteiger partial charge in [-0.05, 0) is 85.7 Å². The van der Waals surface area contributed by atoms with Crippen LogP contribution in [0.3, 0.4) is 0 Å². The Balaban J connectivity index is 1.34. The summed E-state index contributed by atoms with van der Waals surface area (Å²) in [5.41, 5.74) is 0.209. The molecule has 3 saturated carbocycles. The van der Waals surface area contributed by atoms with Gasteiger partial charge in [0.1, 0.15) is 13.2 Å². The Hall–Kier alpha value is -1.63. The maximum atomic E-state index is 13.3. The number of rotatable bonds is 4. The molecule has 0 amide bonds. The monoisotopic (exact) mass is 402 g/mol. The Bertz CT molecular complexity index is 812. The highest BCUT2D eigenvalue weighted by Gasteiger charge is 2.57. The van der Waals surface area contributed by atoms with Crippen molar-refractivity contribution in [2.75, 3.05) is 6.67 Å². The number of alkyl halides is 1. The molecule has 158 valence electrons. The van der Waals surface area contributed by atoms with Crippen LogP contribution in [0.4, 0.5) is 4.39 Å². The van der Waals surface area contributed by atoms with E-state index in [1.165, 1.54) is 16.7 Å². The van der Waals surface area contributed by atoms with Crippen LogP contribution in [0.25, 0.3) is 0 Å². The molecule has 1 aromatic heterocycles. The summed E-state index contributed by atoms with van der Waals surface area (Å²) in [7, 11) is 0. The molecule has 1 aromatic rings. The maximum absolute atomic E-state index is 13.3. The number of hydrogen-bond donors (Lipinski definition) is 1. The molecule has 7 heteroatoms. The molecule has 6 nitrogen and oxygen atoms in total. The summed E-state index contributed by atoms with van der Waals surface area (Å²) < 4.78 is 13.3. The molecule has 0 aromatic carbocycles. The van der Waals surface area contributed by atoms with Gasteiger partial charge in [-0.1, -0.05) is 18.6 Å². The normalized spacial score (nSPS) is 43.8. The lowest BCUT2D eigenvalue weighted by molar-refractivity contribution is -0.130. The minimum atomic E-state index is -1.14. The van der Waals surface area contributed by atoms with Gasteiger partial charge in [0.2, 0.25) is 0 Å². The van der Waals surface area contributed by atoms with Gasteiger partial charge < -0.3 is 5.11 Å². The van der Waals surface area contributed by atoms with E-state index in [2.05, 4.69) is 28.4 Å². The van der Waals surface area contributed by atoms with Crippen LogP contribution in [-0.2, 0) is 11.3 Å². The summed E-state index contributed by atoms with van der Waals surface area (Å²) in [6, 6.07) is 0. The van der Waals surface area contributed by atoms with E-state index in [0.29, 0.717) is 36.5 Å². The largest absolute Gasteiger partial charge is 0.387 e. The Morgan fingerprint density at radius 1 is 1.28 bits per heavy atom. The maximum Gasteiger partial charge on any atom is 0.162 e. The van der Waals surface area contributed by atoms with Gasteiger partial charge in [0.15, 0.2) is 12.1 Å². The van der Waals surface area contributed by atoms with Gasteiger partial charge in [-0.3, -0.25) is 4.79 Å². The summed E-state index contributed by atoms with van der Waals surface area (Å²) in [5.74, 6) is 2.62. The predicted molar refractivity (Wildman–Crippen MR) is 104 cm³/mol. The molecule has 5 rings (SSSR count). The zero-order valence-corrected chi connectivity index (χ0v) is 17.1. The van der Waals surface area contributed by atoms with Crippen molar-refractivity contribution in [3.63, 3.8) is 0 Å². The Labute approximate surface area is 170 Å². The predicted octanol–water partition coefficient (Wildman–Crippen LogP) is 3.13. The summed E-state index contributed by atoms with van der Waals surface area (Å²) in [5, 5.41) is 22.0. The smallest absolute Gasteiger partial charge is 0.162 e. The first kappa shape index (κ1) is 19.3. The van der Waals surface area contributed by atoms with E-state index in [9.17, 15) is 14.3 Å². The van der Waals surface area contributed by atoms with Crippen LogP contribution in [0.5, 0.6) is 0 Å². The molecule has 0 radical (unpaired) electrons. The van der Waals surface area contributed by atoms with Crippen LogP contribution in [0.15, 0.2) is 18.0 Å². The number of tetrazole rings is 1. The standard InChI is InChI=1S/C22H31FN4O2/c1-21-8-6-16-15-7-9-22(29,12-23)10-14(15)2-3-17(16)18(21)4-5-19(21)20(28)11-27-25-13-24-26-27/h2,13,15-19,29H,3-12H2,1H3/t15?,16-,17-,18+,19-,21+,22-/m1/s1. The summed E-state index contributed by atoms with van der Waals surface area (Å²) in [6.45, 7) is 1.91. The second-order valence-electron chi connectivity index (χ2n) is 10.2. The second-order valence-corrected chi connectivity index (χ2v) is 10.2. The molecule has 0 saturated heterocycles. The number of ketones is 1. The topological polar surface area (TPSA) is 80.9 Å². The molecule has 29 heavy (non-hydrogen) atoms. The lowest BCUT2D eigenvalue weighted by Crippen LogP contribution is -2.49. The quantitative estimate of drug-likeness (QED) is 0.783. The fraction of sp³-hybridized carbons (Fsp3) is 0.818. The fourth-order valence-electron chi connectivity index (χ4n) is 7.52. The van der Waals surface area contributed by atoms with Gasteiger partial charge in [0.25, 0.3) is 0 Å². The molecule has 0 spiro atoms. The SMILES string of the molecule is C[C@]12CC[C@@H]3C4CC[C@](O)(CF)CC4=CC[C@H]3[C@@H]1CC[C@@H]2C(=O)Cn1ncnn1. The molecule has 1 heterocycles. The van der Waals surface area contributed by atoms with Crippen LogP contribution in [0.1, 0.15) is 58.3 Å². The van der Waals surface area contributed by atoms with E-state index in [4.69, 9.17) is 0 Å². The highest BCUT2D eigenvalue weighted by molar-refractivity contribution is 5.81. The molecule has 1 N–H and O–H groups in total. The van der Waals surface area contributed by atoms with Crippen LogP contribution in [-0.4, -0.2) is 43.4 Å². The van der Waals surface area contributed by atoms with Crippen LogP contribution >= 0.6 is 0 Å². The van der Waals surface area contributed by atoms with Crippen molar-refractivity contribution >= 4 is 5.78 Å². The van der Waals surface area contributed by atoms with Crippen molar-refractivity contribution in [2.45, 2.75) is 70.4 Å². The third-order valence-corrected chi connectivity index (χ3v) is 8.92. The Morgan fingerprint density at radius 2 is 2.14 bits per heavy atom. The van der Waals surface area contributed by atoms with E-state index in [0.717, 1.165) is 38.5 Å². The third kappa shape index (κ3) is 3.07. The summed E-state index contributed by atoms with van der Waals surface area (Å²) in [6.07, 6.45) is 11.0. The van der Waals surface area contributed by atoms with E-state index < -0.39 is 12.3 Å². The number of halogens is 1. The van der Waals surface area contributed by atoms with Crippen molar-refractivity contribution in [3.8, 4) is 0 Å². The number of carbonyl (C=O) groups excluding carboxylic acids is 1. The van der Waals surface area contributed by atoms with Gasteiger partial charge in [-0.25, -0.2) is 4.39 Å². The first-order valence-electron chi connectivity index (χ1n) is 11.1. The van der Waals surface area contributed by atoms with Crippen LogP contribution in [0, 0.1) is 35.0 Å². The fourth-order valence-corrected chi connectivity index (χ4v) is 7.52. The number of aliphatic hydroxyl groups is 1. The van der Waals surface area contributed by atoms with Crippen LogP contribution < -0.4 is 0 Å². The van der Waals surface area contributed by atoms with E-state index >= 15 is 0 Å². The minimum Gasteiger partial charge on any atom is -0.387 e. The summed E-state index contributed by atoms with van der Waals surface area (Å²) in [4.78, 5) is 14.5. The van der Waals surface area contributed by atoms with E-state index in [-0.39, 0.29) is 23.7 Å². The lowest BCUT2D eigenvalue weighted by atomic mass is 9.51. The number of carbonyl (C=O) groups is 1. The highest BCUT2D eigenvalue weighted by atomic mass is 19.1. The zero-order valence-electron chi connectivity index (χ0n) is 17.1. The third-order valence-electron chi connectivity index (χ3n) is 8.92. The van der Waals surface area contributed by atoms with E-state index in [1.807, 2.05) is 0 Å². The lowest BCUT2D eigenvalue weighted by Gasteiger charge is -2.54. The molecule has 7 atom stereocenters. The van der Waals surface area contributed by atoms with Gasteiger partial charge >= 0.3 is 0 Å². The van der Waals surface area contributed by atoms with Gasteiger partial charge in [0.05, 0.1) is 5.60 Å². The number of hydrogen-bond acceptors (Lipinski definition) is 5. The van der Waals surface area contributed by atoms with Gasteiger partial charge in [-0.2, -0.15) is 4.80 Å². The Kier molecular flexibility index (Phi) is 4.64. The van der Waals surface area contributed by atoms with Crippen molar-refractivity contribution in [1.29, 1.82) is 0 Å². The van der Waals surface area contributed by atoms with Gasteiger partial charge in [0, 0.05) is 5.92 Å². The molecule has 4 aliphatic rings. The molecule has 4 aliphatic carbocycles. The van der Waals surface area contributed by atoms with Crippen molar-refractivity contribution in [2.24, 2.45) is 35.0 Å². The average molecular weight is 403 g/mol. The second kappa shape index (κ2) is 6.96. The molecule has 3 fully saturated rings. The highest BCUT2D eigenvalue weighted by Crippen LogP contribution is 2.63. The first-order chi connectivity index (χ1) is 13.9. The number of nitrogens with zero attached hydrogens (tertiary/aromatic N) is 4. The minimum absolute atomic E-state index is 0.0541. The van der Waals surface area contributed by atoms with Gasteiger partial charge in [-0.15, -0.1) is 10.2 Å². The molecule has 0 bridgehead atoms. The van der Waals surface area contributed by atoms with Crippen molar-refractivity contribution < 1.29 is 14.3 Å². The number of Topliss-reactive ketones (excluding diaryl/α,β-unsaturated/α-hetero) is 1. The zero-order chi connectivity index (χ0) is 20.2. The molecule has 0 aliphatic heterocycles. The molecular weight excluding hydrogens is 371 g/mol. The van der Waals surface area contributed by atoms with Crippen LogP contribution in [0.2, 0.25) is 0 Å². The van der Waals surface area contributed by atoms with Crippen molar-refractivity contribution in [3.05, 3.63) is 18.0 Å². The van der Waals surface area contributed by atoms with Crippen molar-refractivity contribution in [1.82, 2.24) is 20.2 Å².